The van der Waals surface area contributed by atoms with Crippen LogP contribution in [0.3, 0.4) is 0 Å². The van der Waals surface area contributed by atoms with Gasteiger partial charge in [-0.1, -0.05) is 39.7 Å². The zero-order valence-corrected chi connectivity index (χ0v) is 17.4. The van der Waals surface area contributed by atoms with Crippen molar-refractivity contribution in [2.75, 3.05) is 6.61 Å². The van der Waals surface area contributed by atoms with Gasteiger partial charge in [-0.3, -0.25) is 14.9 Å². The van der Waals surface area contributed by atoms with E-state index in [0.717, 1.165) is 21.8 Å². The van der Waals surface area contributed by atoms with Gasteiger partial charge in [-0.25, -0.2) is 0 Å². The van der Waals surface area contributed by atoms with Gasteiger partial charge >= 0.3 is 0 Å². The van der Waals surface area contributed by atoms with E-state index in [-0.39, 0.29) is 5.24 Å². The van der Waals surface area contributed by atoms with Crippen LogP contribution in [0.1, 0.15) is 18.1 Å². The monoisotopic (exact) mass is 467 g/mol. The van der Waals surface area contributed by atoms with Crippen LogP contribution < -0.4 is 14.8 Å². The summed E-state index contributed by atoms with van der Waals surface area (Å²) in [4.78, 5) is 23.4. The van der Waals surface area contributed by atoms with Crippen molar-refractivity contribution in [2.45, 2.75) is 13.5 Å². The predicted molar refractivity (Wildman–Crippen MR) is 110 cm³/mol. The number of imide groups is 1. The molecule has 0 unspecified atom stereocenters. The number of ether oxygens (including phenoxy) is 2. The predicted octanol–water partition coefficient (Wildman–Crippen LogP) is 5.40. The standard InChI is InChI=1S/C19H15BrClNO4S/c1-2-25-15-7-12(8-17-18(23)22-19(24)27-17)14(20)9-16(15)26-10-11-3-5-13(21)6-4-11/h3-9H,2,10H2,1H3,(H,22,23,24)/b17-8-. The van der Waals surface area contributed by atoms with Crippen molar-refractivity contribution in [1.82, 2.24) is 5.32 Å². The van der Waals surface area contributed by atoms with Crippen LogP contribution in [0.5, 0.6) is 11.5 Å². The summed E-state index contributed by atoms with van der Waals surface area (Å²) in [5, 5.41) is 2.52. The number of carbonyl (C=O) groups excluding carboxylic acids is 2. The average molecular weight is 469 g/mol. The van der Waals surface area contributed by atoms with Gasteiger partial charge < -0.3 is 9.47 Å². The molecule has 0 aromatic heterocycles. The maximum atomic E-state index is 11.8. The summed E-state index contributed by atoms with van der Waals surface area (Å²) in [7, 11) is 0. The van der Waals surface area contributed by atoms with Crippen LogP contribution in [0.15, 0.2) is 45.8 Å². The molecule has 1 aliphatic rings. The Labute approximate surface area is 174 Å². The third kappa shape index (κ3) is 5.06. The number of hydrogen-bond acceptors (Lipinski definition) is 5. The first-order chi connectivity index (χ1) is 13.0. The minimum absolute atomic E-state index is 0.331. The molecule has 0 bridgehead atoms. The Kier molecular flexibility index (Phi) is 6.46. The van der Waals surface area contributed by atoms with Gasteiger partial charge in [-0.15, -0.1) is 0 Å². The number of benzene rings is 2. The number of nitrogens with one attached hydrogen (secondary N) is 1. The van der Waals surface area contributed by atoms with Crippen LogP contribution in [0.4, 0.5) is 4.79 Å². The lowest BCUT2D eigenvalue weighted by molar-refractivity contribution is -0.115. The molecule has 1 saturated heterocycles. The Balaban J connectivity index is 1.85. The van der Waals surface area contributed by atoms with E-state index in [1.165, 1.54) is 0 Å². The molecule has 0 radical (unpaired) electrons. The number of hydrogen-bond donors (Lipinski definition) is 1. The molecule has 0 aliphatic carbocycles. The SMILES string of the molecule is CCOc1cc(/C=C2\SC(=O)NC2=O)c(Br)cc1OCc1ccc(Cl)cc1. The van der Waals surface area contributed by atoms with Crippen LogP contribution in [0.25, 0.3) is 6.08 Å². The highest BCUT2D eigenvalue weighted by Crippen LogP contribution is 2.37. The van der Waals surface area contributed by atoms with E-state index in [9.17, 15) is 9.59 Å². The molecule has 0 atom stereocenters. The molecule has 1 fully saturated rings. The second kappa shape index (κ2) is 8.82. The molecule has 0 saturated carbocycles. The van der Waals surface area contributed by atoms with E-state index in [2.05, 4.69) is 21.2 Å². The number of carbonyl (C=O) groups is 2. The quantitative estimate of drug-likeness (QED) is 0.575. The number of halogens is 2. The number of rotatable bonds is 6. The number of thioether (sulfide) groups is 1. The first-order valence-corrected chi connectivity index (χ1v) is 10.0. The summed E-state index contributed by atoms with van der Waals surface area (Å²) in [5.74, 6) is 0.717. The highest BCUT2D eigenvalue weighted by Gasteiger charge is 2.25. The normalized spacial score (nSPS) is 15.1. The third-order valence-corrected chi connectivity index (χ3v) is 5.35. The molecule has 0 spiro atoms. The van der Waals surface area contributed by atoms with E-state index in [0.29, 0.717) is 40.2 Å². The van der Waals surface area contributed by atoms with E-state index in [4.69, 9.17) is 21.1 Å². The number of amides is 2. The summed E-state index contributed by atoms with van der Waals surface area (Å²) >= 11 is 10.3. The van der Waals surface area contributed by atoms with E-state index in [1.54, 1.807) is 30.3 Å². The van der Waals surface area contributed by atoms with Gasteiger partial charge in [0.25, 0.3) is 11.1 Å². The minimum Gasteiger partial charge on any atom is -0.490 e. The van der Waals surface area contributed by atoms with E-state index < -0.39 is 5.91 Å². The van der Waals surface area contributed by atoms with Gasteiger partial charge in [0.05, 0.1) is 11.5 Å². The topological polar surface area (TPSA) is 64.6 Å². The van der Waals surface area contributed by atoms with Crippen molar-refractivity contribution in [3.05, 3.63) is 61.9 Å². The van der Waals surface area contributed by atoms with Crippen LogP contribution in [0.2, 0.25) is 5.02 Å². The fourth-order valence-corrected chi connectivity index (χ4v) is 3.58. The molecular weight excluding hydrogens is 454 g/mol. The van der Waals surface area contributed by atoms with Gasteiger partial charge in [0.1, 0.15) is 6.61 Å². The maximum absolute atomic E-state index is 11.8. The fourth-order valence-electron chi connectivity index (χ4n) is 2.35. The van der Waals surface area contributed by atoms with Crippen LogP contribution in [0, 0.1) is 0 Å². The Hall–Kier alpha value is -1.96. The molecule has 27 heavy (non-hydrogen) atoms. The zero-order chi connectivity index (χ0) is 19.4. The van der Waals surface area contributed by atoms with Gasteiger partial charge in [0.15, 0.2) is 11.5 Å². The largest absolute Gasteiger partial charge is 0.490 e. The molecular formula is C19H15BrClNO4S. The first-order valence-electron chi connectivity index (χ1n) is 8.04. The lowest BCUT2D eigenvalue weighted by Gasteiger charge is -2.14. The lowest BCUT2D eigenvalue weighted by atomic mass is 10.1. The smallest absolute Gasteiger partial charge is 0.290 e. The molecule has 2 aromatic rings. The zero-order valence-electron chi connectivity index (χ0n) is 14.3. The molecule has 1 N–H and O–H groups in total. The molecule has 2 aromatic carbocycles. The van der Waals surface area contributed by atoms with Crippen LogP contribution >= 0.6 is 39.3 Å². The van der Waals surface area contributed by atoms with Crippen LogP contribution in [-0.2, 0) is 11.4 Å². The van der Waals surface area contributed by atoms with Crippen molar-refractivity contribution in [1.29, 1.82) is 0 Å². The Morgan fingerprint density at radius 2 is 1.85 bits per heavy atom. The van der Waals surface area contributed by atoms with Crippen molar-refractivity contribution in [3.8, 4) is 11.5 Å². The second-order valence-electron chi connectivity index (χ2n) is 5.52. The molecule has 1 aliphatic heterocycles. The second-order valence-corrected chi connectivity index (χ2v) is 7.83. The lowest BCUT2D eigenvalue weighted by Crippen LogP contribution is -2.17. The summed E-state index contributed by atoms with van der Waals surface area (Å²) in [6, 6.07) is 11.0. The Morgan fingerprint density at radius 3 is 2.48 bits per heavy atom. The fraction of sp³-hybridized carbons (Fsp3) is 0.158. The van der Waals surface area contributed by atoms with Crippen LogP contribution in [-0.4, -0.2) is 17.8 Å². The third-order valence-electron chi connectivity index (χ3n) is 3.60. The summed E-state index contributed by atoms with van der Waals surface area (Å²) in [5.41, 5.74) is 1.69. The van der Waals surface area contributed by atoms with Crippen molar-refractivity contribution in [2.24, 2.45) is 0 Å². The van der Waals surface area contributed by atoms with Gasteiger partial charge in [-0.2, -0.15) is 0 Å². The molecule has 140 valence electrons. The van der Waals surface area contributed by atoms with E-state index in [1.807, 2.05) is 19.1 Å². The van der Waals surface area contributed by atoms with Gasteiger partial charge in [0.2, 0.25) is 0 Å². The minimum atomic E-state index is -0.405. The highest BCUT2D eigenvalue weighted by molar-refractivity contribution is 9.10. The highest BCUT2D eigenvalue weighted by atomic mass is 79.9. The molecule has 1 heterocycles. The average Bonchev–Trinajstić information content (AvgIpc) is 2.95. The Morgan fingerprint density at radius 1 is 1.15 bits per heavy atom. The molecule has 8 heteroatoms. The van der Waals surface area contributed by atoms with Gasteiger partial charge in [0, 0.05) is 9.50 Å². The van der Waals surface area contributed by atoms with Gasteiger partial charge in [-0.05, 0) is 60.2 Å². The molecule has 3 rings (SSSR count). The van der Waals surface area contributed by atoms with Crippen molar-refractivity contribution < 1.29 is 19.1 Å². The molecule has 2 amide bonds. The summed E-state index contributed by atoms with van der Waals surface area (Å²) in [6.45, 7) is 2.70. The Bertz CT molecular complexity index is 915. The van der Waals surface area contributed by atoms with Crippen molar-refractivity contribution >= 4 is 56.5 Å². The van der Waals surface area contributed by atoms with Crippen molar-refractivity contribution in [3.63, 3.8) is 0 Å². The van der Waals surface area contributed by atoms with E-state index >= 15 is 0 Å². The summed E-state index contributed by atoms with van der Waals surface area (Å²) in [6.07, 6.45) is 1.64. The maximum Gasteiger partial charge on any atom is 0.290 e. The summed E-state index contributed by atoms with van der Waals surface area (Å²) < 4.78 is 12.3. The molecule has 5 nitrogen and oxygen atoms in total. The first kappa shape index (κ1) is 19.8.